The van der Waals surface area contributed by atoms with Crippen LogP contribution in [0.1, 0.15) is 18.1 Å². The van der Waals surface area contributed by atoms with Crippen molar-refractivity contribution >= 4 is 0 Å². The van der Waals surface area contributed by atoms with Crippen LogP contribution in [-0.4, -0.2) is 12.2 Å². The third-order valence-corrected chi connectivity index (χ3v) is 3.12. The molecule has 0 saturated carbocycles. The lowest BCUT2D eigenvalue weighted by Gasteiger charge is -2.10. The van der Waals surface area contributed by atoms with Crippen LogP contribution in [0.25, 0.3) is 11.1 Å². The molecule has 0 bridgehead atoms. The Morgan fingerprint density at radius 2 is 1.67 bits per heavy atom. The molecule has 18 heavy (non-hydrogen) atoms. The number of benzene rings is 2. The standard InChI is InChI=1S/C16H18O2/c1-3-12-4-7-14(8-5-12)15-10-13(11-17)6-9-16(15)18-2/h4-10,17H,3,11H2,1-2H3. The molecule has 0 aliphatic rings. The van der Waals surface area contributed by atoms with Crippen molar-refractivity contribution in [3.8, 4) is 16.9 Å². The summed E-state index contributed by atoms with van der Waals surface area (Å²) in [5.74, 6) is 0.830. The first-order valence-corrected chi connectivity index (χ1v) is 6.15. The van der Waals surface area contributed by atoms with Crippen LogP contribution >= 0.6 is 0 Å². The Morgan fingerprint density at radius 1 is 1.00 bits per heavy atom. The van der Waals surface area contributed by atoms with Crippen molar-refractivity contribution in [2.75, 3.05) is 7.11 Å². The Labute approximate surface area is 108 Å². The zero-order valence-electron chi connectivity index (χ0n) is 10.8. The van der Waals surface area contributed by atoms with Crippen molar-refractivity contribution in [1.29, 1.82) is 0 Å². The molecule has 2 aromatic carbocycles. The topological polar surface area (TPSA) is 29.5 Å². The lowest BCUT2D eigenvalue weighted by atomic mass is 10.0. The second-order valence-corrected chi connectivity index (χ2v) is 4.24. The van der Waals surface area contributed by atoms with E-state index in [4.69, 9.17) is 4.74 Å². The molecule has 0 fully saturated rings. The molecule has 0 amide bonds. The summed E-state index contributed by atoms with van der Waals surface area (Å²) in [6, 6.07) is 14.2. The number of hydrogen-bond acceptors (Lipinski definition) is 2. The van der Waals surface area contributed by atoms with E-state index in [1.54, 1.807) is 7.11 Å². The van der Waals surface area contributed by atoms with Crippen LogP contribution in [0.5, 0.6) is 5.75 Å². The van der Waals surface area contributed by atoms with Gasteiger partial charge in [0.15, 0.2) is 0 Å². The molecule has 0 heterocycles. The number of aryl methyl sites for hydroxylation is 1. The highest BCUT2D eigenvalue weighted by Crippen LogP contribution is 2.31. The largest absolute Gasteiger partial charge is 0.496 e. The fraction of sp³-hybridized carbons (Fsp3) is 0.250. The minimum atomic E-state index is 0.0457. The molecule has 94 valence electrons. The van der Waals surface area contributed by atoms with Gasteiger partial charge in [-0.1, -0.05) is 37.3 Å². The number of rotatable bonds is 4. The van der Waals surface area contributed by atoms with Gasteiger partial charge in [0.05, 0.1) is 13.7 Å². The average molecular weight is 242 g/mol. The van der Waals surface area contributed by atoms with Crippen molar-refractivity contribution in [1.82, 2.24) is 0 Å². The molecule has 2 nitrogen and oxygen atoms in total. The zero-order valence-corrected chi connectivity index (χ0v) is 10.8. The second kappa shape index (κ2) is 5.69. The van der Waals surface area contributed by atoms with Crippen LogP contribution in [0.3, 0.4) is 0 Å². The van der Waals surface area contributed by atoms with E-state index >= 15 is 0 Å². The average Bonchev–Trinajstić information content (AvgIpc) is 2.46. The summed E-state index contributed by atoms with van der Waals surface area (Å²) in [4.78, 5) is 0. The van der Waals surface area contributed by atoms with Crippen molar-refractivity contribution in [3.63, 3.8) is 0 Å². The number of ether oxygens (including phenoxy) is 1. The summed E-state index contributed by atoms with van der Waals surface area (Å²) in [5.41, 5.74) is 4.34. The Morgan fingerprint density at radius 3 is 2.22 bits per heavy atom. The summed E-state index contributed by atoms with van der Waals surface area (Å²) in [6.07, 6.45) is 1.04. The second-order valence-electron chi connectivity index (χ2n) is 4.24. The van der Waals surface area contributed by atoms with E-state index in [0.29, 0.717) is 0 Å². The fourth-order valence-corrected chi connectivity index (χ4v) is 2.00. The molecular weight excluding hydrogens is 224 g/mol. The Bertz CT molecular complexity index is 515. The molecule has 0 unspecified atom stereocenters. The molecule has 0 radical (unpaired) electrons. The molecule has 2 aromatic rings. The van der Waals surface area contributed by atoms with Gasteiger partial charge in [-0.3, -0.25) is 0 Å². The van der Waals surface area contributed by atoms with Crippen LogP contribution < -0.4 is 4.74 Å². The predicted molar refractivity (Wildman–Crippen MR) is 73.7 cm³/mol. The smallest absolute Gasteiger partial charge is 0.126 e. The highest BCUT2D eigenvalue weighted by molar-refractivity contribution is 5.71. The molecule has 2 heteroatoms. The van der Waals surface area contributed by atoms with Crippen LogP contribution in [0, 0.1) is 0 Å². The van der Waals surface area contributed by atoms with Gasteiger partial charge in [0, 0.05) is 5.56 Å². The number of aliphatic hydroxyl groups excluding tert-OH is 1. The summed E-state index contributed by atoms with van der Waals surface area (Å²) in [5, 5.41) is 9.21. The fourth-order valence-electron chi connectivity index (χ4n) is 2.00. The van der Waals surface area contributed by atoms with Crippen molar-refractivity contribution < 1.29 is 9.84 Å². The van der Waals surface area contributed by atoms with E-state index < -0.39 is 0 Å². The molecule has 0 saturated heterocycles. The quantitative estimate of drug-likeness (QED) is 0.890. The molecule has 0 aliphatic carbocycles. The van der Waals surface area contributed by atoms with Gasteiger partial charge in [0.2, 0.25) is 0 Å². The van der Waals surface area contributed by atoms with Crippen LogP contribution in [0.15, 0.2) is 42.5 Å². The van der Waals surface area contributed by atoms with Gasteiger partial charge in [-0.2, -0.15) is 0 Å². The van der Waals surface area contributed by atoms with Crippen molar-refractivity contribution in [2.45, 2.75) is 20.0 Å². The molecule has 0 aromatic heterocycles. The molecule has 0 spiro atoms. The minimum Gasteiger partial charge on any atom is -0.496 e. The number of hydrogen-bond donors (Lipinski definition) is 1. The van der Waals surface area contributed by atoms with E-state index in [2.05, 4.69) is 31.2 Å². The van der Waals surface area contributed by atoms with Gasteiger partial charge in [-0.15, -0.1) is 0 Å². The van der Waals surface area contributed by atoms with Crippen LogP contribution in [0.2, 0.25) is 0 Å². The summed E-state index contributed by atoms with van der Waals surface area (Å²) in [6.45, 7) is 2.19. The first-order valence-electron chi connectivity index (χ1n) is 6.15. The van der Waals surface area contributed by atoms with Gasteiger partial charge < -0.3 is 9.84 Å². The van der Waals surface area contributed by atoms with E-state index in [1.165, 1.54) is 5.56 Å². The van der Waals surface area contributed by atoms with Gasteiger partial charge in [0.25, 0.3) is 0 Å². The molecule has 1 N–H and O–H groups in total. The summed E-state index contributed by atoms with van der Waals surface area (Å²) >= 11 is 0. The molecule has 2 rings (SSSR count). The normalized spacial score (nSPS) is 10.4. The molecule has 0 atom stereocenters. The van der Waals surface area contributed by atoms with Gasteiger partial charge in [0.1, 0.15) is 5.75 Å². The van der Waals surface area contributed by atoms with Crippen LogP contribution in [-0.2, 0) is 13.0 Å². The highest BCUT2D eigenvalue weighted by Gasteiger charge is 2.06. The Balaban J connectivity index is 2.46. The van der Waals surface area contributed by atoms with E-state index in [1.807, 2.05) is 18.2 Å². The Hall–Kier alpha value is -1.80. The first-order chi connectivity index (χ1) is 8.78. The summed E-state index contributed by atoms with van der Waals surface area (Å²) in [7, 11) is 1.66. The summed E-state index contributed by atoms with van der Waals surface area (Å²) < 4.78 is 5.37. The van der Waals surface area contributed by atoms with E-state index in [9.17, 15) is 5.11 Å². The minimum absolute atomic E-state index is 0.0457. The first kappa shape index (κ1) is 12.7. The van der Waals surface area contributed by atoms with Crippen molar-refractivity contribution in [2.24, 2.45) is 0 Å². The van der Waals surface area contributed by atoms with Crippen molar-refractivity contribution in [3.05, 3.63) is 53.6 Å². The lowest BCUT2D eigenvalue weighted by molar-refractivity contribution is 0.281. The van der Waals surface area contributed by atoms with Gasteiger partial charge in [-0.25, -0.2) is 0 Å². The Kier molecular flexibility index (Phi) is 4.00. The highest BCUT2D eigenvalue weighted by atomic mass is 16.5. The number of aliphatic hydroxyl groups is 1. The van der Waals surface area contributed by atoms with Crippen LogP contribution in [0.4, 0.5) is 0 Å². The molecular formula is C16H18O2. The van der Waals surface area contributed by atoms with E-state index in [-0.39, 0.29) is 6.61 Å². The maximum atomic E-state index is 9.21. The third kappa shape index (κ3) is 2.54. The lowest BCUT2D eigenvalue weighted by Crippen LogP contribution is -1.91. The predicted octanol–water partition coefficient (Wildman–Crippen LogP) is 3.42. The molecule has 0 aliphatic heterocycles. The van der Waals surface area contributed by atoms with Gasteiger partial charge >= 0.3 is 0 Å². The maximum absolute atomic E-state index is 9.21. The monoisotopic (exact) mass is 242 g/mol. The number of methoxy groups -OCH3 is 1. The van der Waals surface area contributed by atoms with E-state index in [0.717, 1.165) is 28.9 Å². The third-order valence-electron chi connectivity index (χ3n) is 3.12. The van der Waals surface area contributed by atoms with Gasteiger partial charge in [-0.05, 0) is 35.2 Å². The SMILES string of the molecule is CCc1ccc(-c2cc(CO)ccc2OC)cc1. The maximum Gasteiger partial charge on any atom is 0.126 e. The zero-order chi connectivity index (χ0) is 13.0.